The Kier molecular flexibility index (Phi) is 8.68. The van der Waals surface area contributed by atoms with Crippen LogP contribution in [-0.4, -0.2) is 29.8 Å². The third kappa shape index (κ3) is 8.61. The lowest BCUT2D eigenvalue weighted by atomic mass is 10.2. The van der Waals surface area contributed by atoms with E-state index in [9.17, 15) is 4.79 Å². The number of ketones is 1. The van der Waals surface area contributed by atoms with Crippen LogP contribution in [0.4, 0.5) is 0 Å². The number of carbonyl (C=O) groups excluding carboxylic acids is 1. The first-order chi connectivity index (χ1) is 7.07. The third-order valence-corrected chi connectivity index (χ3v) is 2.75. The molecule has 0 aliphatic rings. The van der Waals surface area contributed by atoms with Gasteiger partial charge in [0.15, 0.2) is 0 Å². The molecule has 0 N–H and O–H groups in total. The van der Waals surface area contributed by atoms with E-state index in [1.807, 2.05) is 0 Å². The smallest absolute Gasteiger partial charge is 0.129 e. The molecule has 0 saturated heterocycles. The zero-order valence-corrected chi connectivity index (χ0v) is 10.9. The molecule has 0 unspecified atom stereocenters. The van der Waals surface area contributed by atoms with Crippen molar-refractivity contribution < 1.29 is 4.79 Å². The van der Waals surface area contributed by atoms with Crippen molar-refractivity contribution in [1.82, 2.24) is 4.90 Å². The molecule has 0 aromatic rings. The summed E-state index contributed by atoms with van der Waals surface area (Å²) in [5, 5.41) is 0. The van der Waals surface area contributed by atoms with E-state index in [0.29, 0.717) is 11.8 Å². The number of nitrogens with zero attached hydrogens (tertiary/aromatic N) is 1. The summed E-state index contributed by atoms with van der Waals surface area (Å²) in [5.41, 5.74) is 0. The molecule has 0 radical (unpaired) electrons. The lowest BCUT2D eigenvalue weighted by Gasteiger charge is -2.26. The molecular formula is C13H27NO. The maximum atomic E-state index is 10.8. The first kappa shape index (κ1) is 14.6. The normalized spacial score (nSPS) is 11.3. The maximum Gasteiger partial charge on any atom is 0.129 e. The van der Waals surface area contributed by atoms with E-state index in [1.54, 1.807) is 6.92 Å². The van der Waals surface area contributed by atoms with Gasteiger partial charge in [-0.15, -0.1) is 0 Å². The highest BCUT2D eigenvalue weighted by Gasteiger charge is 2.08. The van der Waals surface area contributed by atoms with Crippen molar-refractivity contribution in [2.24, 2.45) is 0 Å². The number of carbonyl (C=O) groups is 1. The Balaban J connectivity index is 3.68. The molecule has 0 aromatic carbocycles. The van der Waals surface area contributed by atoms with Crippen LogP contribution in [0.3, 0.4) is 0 Å². The van der Waals surface area contributed by atoms with Gasteiger partial charge in [-0.1, -0.05) is 19.8 Å². The summed E-state index contributed by atoms with van der Waals surface area (Å²) in [6, 6.07) is 0.605. The lowest BCUT2D eigenvalue weighted by Crippen LogP contribution is -2.33. The topological polar surface area (TPSA) is 20.3 Å². The highest BCUT2D eigenvalue weighted by Crippen LogP contribution is 2.05. The van der Waals surface area contributed by atoms with Crippen LogP contribution in [0.5, 0.6) is 0 Å². The monoisotopic (exact) mass is 213 g/mol. The molecule has 0 saturated carbocycles. The van der Waals surface area contributed by atoms with Crippen LogP contribution in [-0.2, 0) is 4.79 Å². The molecule has 0 aromatic heterocycles. The minimum Gasteiger partial charge on any atom is -0.301 e. The second kappa shape index (κ2) is 8.90. The first-order valence-electron chi connectivity index (χ1n) is 6.31. The fourth-order valence-electron chi connectivity index (χ4n) is 1.72. The average Bonchev–Trinajstić information content (AvgIpc) is 2.15. The van der Waals surface area contributed by atoms with E-state index in [2.05, 4.69) is 25.7 Å². The van der Waals surface area contributed by atoms with E-state index in [4.69, 9.17) is 0 Å². The summed E-state index contributed by atoms with van der Waals surface area (Å²) in [4.78, 5) is 13.3. The van der Waals surface area contributed by atoms with Crippen molar-refractivity contribution in [2.75, 3.05) is 13.1 Å². The molecule has 0 amide bonds. The van der Waals surface area contributed by atoms with E-state index in [0.717, 1.165) is 19.4 Å². The molecule has 15 heavy (non-hydrogen) atoms. The lowest BCUT2D eigenvalue weighted by molar-refractivity contribution is -0.117. The SMILES string of the molecule is CCCCCN(CCCC(C)=O)C(C)C. The van der Waals surface area contributed by atoms with Crippen LogP contribution in [0.25, 0.3) is 0 Å². The van der Waals surface area contributed by atoms with Gasteiger partial charge in [-0.05, 0) is 46.7 Å². The Morgan fingerprint density at radius 1 is 1.13 bits per heavy atom. The zero-order valence-electron chi connectivity index (χ0n) is 10.9. The molecule has 0 aliphatic carbocycles. The molecule has 90 valence electrons. The Bertz CT molecular complexity index is 166. The predicted octanol–water partition coefficient (Wildman–Crippen LogP) is 3.26. The van der Waals surface area contributed by atoms with Crippen LogP contribution in [0.1, 0.15) is 59.8 Å². The zero-order chi connectivity index (χ0) is 11.7. The third-order valence-electron chi connectivity index (χ3n) is 2.75. The summed E-state index contributed by atoms with van der Waals surface area (Å²) in [6.45, 7) is 10.6. The van der Waals surface area contributed by atoms with Crippen LogP contribution >= 0.6 is 0 Å². The van der Waals surface area contributed by atoms with Gasteiger partial charge in [-0.25, -0.2) is 0 Å². The minimum absolute atomic E-state index is 0.312. The molecule has 0 bridgehead atoms. The summed E-state index contributed by atoms with van der Waals surface area (Å²) in [7, 11) is 0. The molecule has 0 spiro atoms. The van der Waals surface area contributed by atoms with Crippen LogP contribution in [0.15, 0.2) is 0 Å². The van der Waals surface area contributed by atoms with Crippen molar-refractivity contribution in [3.8, 4) is 0 Å². The van der Waals surface area contributed by atoms with Crippen molar-refractivity contribution >= 4 is 5.78 Å². The van der Waals surface area contributed by atoms with E-state index < -0.39 is 0 Å². The van der Waals surface area contributed by atoms with Gasteiger partial charge in [0.2, 0.25) is 0 Å². The molecule has 0 atom stereocenters. The van der Waals surface area contributed by atoms with Crippen molar-refractivity contribution in [1.29, 1.82) is 0 Å². The van der Waals surface area contributed by atoms with Crippen molar-refractivity contribution in [3.05, 3.63) is 0 Å². The number of rotatable bonds is 9. The van der Waals surface area contributed by atoms with Crippen LogP contribution in [0, 0.1) is 0 Å². The highest BCUT2D eigenvalue weighted by molar-refractivity contribution is 5.75. The van der Waals surface area contributed by atoms with E-state index in [-0.39, 0.29) is 0 Å². The molecular weight excluding hydrogens is 186 g/mol. The van der Waals surface area contributed by atoms with Gasteiger partial charge in [0, 0.05) is 12.5 Å². The summed E-state index contributed by atoms with van der Waals surface area (Å²) < 4.78 is 0. The summed E-state index contributed by atoms with van der Waals surface area (Å²) in [6.07, 6.45) is 5.63. The maximum absolute atomic E-state index is 10.8. The molecule has 0 heterocycles. The van der Waals surface area contributed by atoms with Gasteiger partial charge in [-0.2, -0.15) is 0 Å². The van der Waals surface area contributed by atoms with E-state index in [1.165, 1.54) is 25.8 Å². The fraction of sp³-hybridized carbons (Fsp3) is 0.923. The second-order valence-electron chi connectivity index (χ2n) is 4.64. The van der Waals surface area contributed by atoms with Crippen LogP contribution in [0.2, 0.25) is 0 Å². The molecule has 2 heteroatoms. The summed E-state index contributed by atoms with van der Waals surface area (Å²) in [5.74, 6) is 0.312. The summed E-state index contributed by atoms with van der Waals surface area (Å²) >= 11 is 0. The van der Waals surface area contributed by atoms with Gasteiger partial charge in [0.25, 0.3) is 0 Å². The predicted molar refractivity (Wildman–Crippen MR) is 66.1 cm³/mol. The van der Waals surface area contributed by atoms with E-state index >= 15 is 0 Å². The van der Waals surface area contributed by atoms with Crippen LogP contribution < -0.4 is 0 Å². The molecule has 2 nitrogen and oxygen atoms in total. The quantitative estimate of drug-likeness (QED) is 0.548. The molecule has 0 rings (SSSR count). The fourth-order valence-corrected chi connectivity index (χ4v) is 1.72. The average molecular weight is 213 g/mol. The van der Waals surface area contributed by atoms with Gasteiger partial charge in [0.1, 0.15) is 5.78 Å². The number of hydrogen-bond donors (Lipinski definition) is 0. The molecule has 0 aliphatic heterocycles. The number of hydrogen-bond acceptors (Lipinski definition) is 2. The van der Waals surface area contributed by atoms with Gasteiger partial charge < -0.3 is 9.69 Å². The van der Waals surface area contributed by atoms with Gasteiger partial charge >= 0.3 is 0 Å². The number of Topliss-reactive ketones (excluding diaryl/α,β-unsaturated/α-hetero) is 1. The van der Waals surface area contributed by atoms with Gasteiger partial charge in [-0.3, -0.25) is 0 Å². The molecule has 0 fully saturated rings. The Labute approximate surface area is 95.0 Å². The standard InChI is InChI=1S/C13H27NO/c1-5-6-7-10-14(12(2)3)11-8-9-13(4)15/h12H,5-11H2,1-4H3. The Morgan fingerprint density at radius 2 is 1.73 bits per heavy atom. The Morgan fingerprint density at radius 3 is 2.20 bits per heavy atom. The van der Waals surface area contributed by atoms with Gasteiger partial charge in [0.05, 0.1) is 0 Å². The largest absolute Gasteiger partial charge is 0.301 e. The van der Waals surface area contributed by atoms with Crippen molar-refractivity contribution in [3.63, 3.8) is 0 Å². The van der Waals surface area contributed by atoms with Crippen molar-refractivity contribution in [2.45, 2.75) is 65.8 Å². The Hall–Kier alpha value is -0.370. The second-order valence-corrected chi connectivity index (χ2v) is 4.64. The first-order valence-corrected chi connectivity index (χ1v) is 6.31. The minimum atomic E-state index is 0.312. The number of unbranched alkanes of at least 4 members (excludes halogenated alkanes) is 2. The highest BCUT2D eigenvalue weighted by atomic mass is 16.1.